The van der Waals surface area contributed by atoms with Gasteiger partial charge in [0.25, 0.3) is 0 Å². The average Bonchev–Trinajstić information content (AvgIpc) is 3.28. The van der Waals surface area contributed by atoms with Gasteiger partial charge < -0.3 is 32.2 Å². The van der Waals surface area contributed by atoms with Crippen LogP contribution in [0.3, 0.4) is 0 Å². The van der Waals surface area contributed by atoms with Gasteiger partial charge in [-0.3, -0.25) is 0 Å². The maximum atomic E-state index is 4.89. The second kappa shape index (κ2) is 18.3. The fourth-order valence-corrected chi connectivity index (χ4v) is 9.77. The molecule has 0 aromatic rings. The number of halogens is 3. The van der Waals surface area contributed by atoms with E-state index in [0.29, 0.717) is 0 Å². The topological polar surface area (TPSA) is 3.24 Å². The molecule has 1 saturated heterocycles. The molecule has 31 heavy (non-hydrogen) atoms. The average molecular weight is 566 g/mol. The summed E-state index contributed by atoms with van der Waals surface area (Å²) < 4.78 is 0. The molecule has 1 aliphatic heterocycles. The third-order valence-electron chi connectivity index (χ3n) is 7.71. The van der Waals surface area contributed by atoms with Crippen molar-refractivity contribution in [1.29, 1.82) is 0 Å². The Balaban J connectivity index is -0.000000414. The fourth-order valence-electron chi connectivity index (χ4n) is 5.48. The first-order valence-corrected chi connectivity index (χ1v) is 23.1. The van der Waals surface area contributed by atoms with E-state index in [9.17, 15) is 0 Å². The first-order valence-electron chi connectivity index (χ1n) is 11.6. The summed E-state index contributed by atoms with van der Waals surface area (Å²) in [6.07, 6.45) is 13.7. The summed E-state index contributed by atoms with van der Waals surface area (Å²) in [5.41, 5.74) is 2.26. The Morgan fingerprint density at radius 3 is 1.29 bits per heavy atom. The van der Waals surface area contributed by atoms with E-state index in [1.807, 2.05) is 0 Å². The molecule has 2 atom stereocenters. The Morgan fingerprint density at radius 1 is 0.677 bits per heavy atom. The molecule has 7 heteroatoms. The van der Waals surface area contributed by atoms with Gasteiger partial charge in [0.2, 0.25) is 0 Å². The molecule has 0 bridgehead atoms. The van der Waals surface area contributed by atoms with Crippen molar-refractivity contribution in [2.75, 3.05) is 20.1 Å². The molecule has 0 aromatic carbocycles. The molecule has 3 fully saturated rings. The van der Waals surface area contributed by atoms with E-state index in [1.54, 1.807) is 19.3 Å². The molecular weight excluding hydrogens is 513 g/mol. The fraction of sp³-hybridized carbons (Fsp3) is 0.917. The molecule has 2 unspecified atom stereocenters. The van der Waals surface area contributed by atoms with Crippen LogP contribution in [-0.2, 0) is 17.0 Å². The molecule has 0 aromatic heterocycles. The third kappa shape index (κ3) is 14.9. The molecule has 1 nitrogen and oxygen atoms in total. The van der Waals surface area contributed by atoms with Gasteiger partial charge in [-0.1, -0.05) is 84.2 Å². The molecule has 2 saturated carbocycles. The van der Waals surface area contributed by atoms with Crippen LogP contribution in [0.25, 0.3) is 0 Å². The van der Waals surface area contributed by atoms with E-state index >= 15 is 0 Å². The second-order valence-electron chi connectivity index (χ2n) is 11.7. The van der Waals surface area contributed by atoms with Crippen LogP contribution < -0.4 is 12.4 Å². The number of nitrogens with zero attached hydrogens (tertiary/aromatic N) is 1. The predicted octanol–water partition coefficient (Wildman–Crippen LogP) is 6.39. The number of rotatable bonds is 3. The molecule has 0 radical (unpaired) electrons. The van der Waals surface area contributed by atoms with Gasteiger partial charge in [0.15, 0.2) is 0 Å². The zero-order chi connectivity index (χ0) is 21.4. The van der Waals surface area contributed by atoms with Crippen molar-refractivity contribution in [3.05, 3.63) is 14.9 Å². The van der Waals surface area contributed by atoms with Crippen LogP contribution in [0.15, 0.2) is 0 Å². The quantitative estimate of drug-likeness (QED) is 0.283. The standard InChI is InChI=1S/C11H21N.C11H26Si2.2CH3.3ClH.Ti/c1-12-8-6-11(7-9-12)10-4-2-3-5-10;1-12(2,3)10-7-8-11(9-10)13(4,5)6;;;;;;/h10-11H,2-9H2,1H3;10-11H,7-9H2,1-6H3;2*1H3;3*1H;/q;;2*-1;;;;+2/p-3. The summed E-state index contributed by atoms with van der Waals surface area (Å²) >= 11 is -0.556. The molecule has 1 heterocycles. The minimum absolute atomic E-state index is 0. The summed E-state index contributed by atoms with van der Waals surface area (Å²) in [6.45, 7) is 18.0. The van der Waals surface area contributed by atoms with E-state index in [-0.39, 0.29) is 27.3 Å². The van der Waals surface area contributed by atoms with E-state index in [2.05, 4.69) is 51.2 Å². The van der Waals surface area contributed by atoms with E-state index in [0.717, 1.165) is 22.9 Å². The van der Waals surface area contributed by atoms with Crippen LogP contribution in [-0.4, -0.2) is 41.2 Å². The molecule has 0 amide bonds. The van der Waals surface area contributed by atoms with Gasteiger partial charge in [-0.05, 0) is 55.9 Å². The summed E-state index contributed by atoms with van der Waals surface area (Å²) in [5.74, 6) is 2.20. The van der Waals surface area contributed by atoms with Crippen molar-refractivity contribution in [3.63, 3.8) is 0 Å². The monoisotopic (exact) mass is 564 g/mol. The molecule has 0 N–H and O–H groups in total. The minimum atomic E-state index is -0.823. The van der Waals surface area contributed by atoms with Crippen LogP contribution in [0.4, 0.5) is 0 Å². The van der Waals surface area contributed by atoms with Crippen LogP contribution in [0.5, 0.6) is 0 Å². The zero-order valence-electron chi connectivity index (χ0n) is 22.2. The molecular formula is C24H53Cl3NSi2Ti-3. The molecule has 2 aliphatic carbocycles. The van der Waals surface area contributed by atoms with E-state index < -0.39 is 33.2 Å². The van der Waals surface area contributed by atoms with Crippen molar-refractivity contribution < 1.29 is 29.4 Å². The maximum absolute atomic E-state index is 4.89. The first kappa shape index (κ1) is 37.5. The van der Waals surface area contributed by atoms with Crippen LogP contribution in [0, 0.1) is 26.7 Å². The van der Waals surface area contributed by atoms with Crippen molar-refractivity contribution in [2.24, 2.45) is 11.8 Å². The molecule has 3 aliphatic rings. The number of piperidine rings is 1. The van der Waals surface area contributed by atoms with E-state index in [4.69, 9.17) is 18.6 Å². The normalized spacial score (nSPS) is 24.9. The Hall–Kier alpha value is 1.98. The molecule has 190 valence electrons. The van der Waals surface area contributed by atoms with Gasteiger partial charge in [-0.2, -0.15) is 0 Å². The van der Waals surface area contributed by atoms with Crippen molar-refractivity contribution in [3.8, 4) is 0 Å². The molecule has 3 rings (SSSR count). The van der Waals surface area contributed by atoms with Crippen molar-refractivity contribution >= 4 is 34.8 Å². The van der Waals surface area contributed by atoms with Crippen molar-refractivity contribution in [1.82, 2.24) is 4.90 Å². The van der Waals surface area contributed by atoms with Gasteiger partial charge >= 0.3 is 35.6 Å². The van der Waals surface area contributed by atoms with Gasteiger partial charge in [-0.15, -0.1) is 0 Å². The number of hydrogen-bond donors (Lipinski definition) is 0. The van der Waals surface area contributed by atoms with Gasteiger partial charge in [0.05, 0.1) is 0 Å². The summed E-state index contributed by atoms with van der Waals surface area (Å²) in [4.78, 5) is 2.48. The van der Waals surface area contributed by atoms with Gasteiger partial charge in [0, 0.05) is 16.1 Å². The van der Waals surface area contributed by atoms with E-state index in [1.165, 1.54) is 51.6 Å². The zero-order valence-corrected chi connectivity index (χ0v) is 28.0. The van der Waals surface area contributed by atoms with Gasteiger partial charge in [0.1, 0.15) is 0 Å². The Kier molecular flexibility index (Phi) is 22.1. The van der Waals surface area contributed by atoms with Crippen LogP contribution in [0.2, 0.25) is 50.4 Å². The Morgan fingerprint density at radius 2 is 1.00 bits per heavy atom. The van der Waals surface area contributed by atoms with Gasteiger partial charge in [-0.25, -0.2) is 0 Å². The summed E-state index contributed by atoms with van der Waals surface area (Å²) in [7, 11) is 10.4. The SMILES string of the molecule is CN1CCC(C2CCCC2)CC1.C[Si](C)(C)C1CCC([Si](C)(C)C)C1.[CH3-].[CH3-].[Cl-].[Cl][Ti][Cl]. The van der Waals surface area contributed by atoms with Crippen molar-refractivity contribution in [2.45, 2.75) is 108 Å². The first-order chi connectivity index (χ1) is 13.0. The van der Waals surface area contributed by atoms with Crippen LogP contribution in [0.1, 0.15) is 57.8 Å². The van der Waals surface area contributed by atoms with Crippen LogP contribution >= 0.6 is 18.6 Å². The predicted molar refractivity (Wildman–Crippen MR) is 145 cm³/mol. The molecule has 0 spiro atoms. The second-order valence-corrected chi connectivity index (χ2v) is 25.4. The summed E-state index contributed by atoms with van der Waals surface area (Å²) in [6, 6.07) is 0. The number of likely N-dealkylation sites (tertiary alicyclic amines) is 1. The number of hydrogen-bond acceptors (Lipinski definition) is 1. The third-order valence-corrected chi connectivity index (χ3v) is 13.7. The Bertz CT molecular complexity index is 396. The Labute approximate surface area is 222 Å². The summed E-state index contributed by atoms with van der Waals surface area (Å²) in [5, 5.41) is 0.